The highest BCUT2D eigenvalue weighted by molar-refractivity contribution is 6.65. The molecule has 0 bridgehead atoms. The Hall–Kier alpha value is -1.46. The van der Waals surface area contributed by atoms with Gasteiger partial charge >= 0.3 is 7.12 Å². The van der Waals surface area contributed by atoms with Gasteiger partial charge in [-0.05, 0) is 56.7 Å². The number of anilines is 1. The van der Waals surface area contributed by atoms with Crippen molar-refractivity contribution in [3.05, 3.63) is 24.4 Å². The van der Waals surface area contributed by atoms with Gasteiger partial charge in [0.05, 0.1) is 11.2 Å². The van der Waals surface area contributed by atoms with Crippen LogP contribution in [0.15, 0.2) is 24.4 Å². The van der Waals surface area contributed by atoms with E-state index in [9.17, 15) is 0 Å². The van der Waals surface area contributed by atoms with Crippen LogP contribution in [0.4, 0.5) is 5.69 Å². The minimum Gasteiger partial charge on any atom is -0.399 e. The van der Waals surface area contributed by atoms with Crippen molar-refractivity contribution in [1.29, 1.82) is 0 Å². The second-order valence-electron chi connectivity index (χ2n) is 6.96. The van der Waals surface area contributed by atoms with E-state index in [-0.39, 0.29) is 18.3 Å². The number of hydrogen-bond donors (Lipinski definition) is 1. The summed E-state index contributed by atoms with van der Waals surface area (Å²) in [6.07, 6.45) is 1.96. The van der Waals surface area contributed by atoms with E-state index < -0.39 is 0 Å². The lowest BCUT2D eigenvalue weighted by Crippen LogP contribution is -2.41. The summed E-state index contributed by atoms with van der Waals surface area (Å²) in [5, 5.41) is 1.15. The number of benzene rings is 1. The maximum atomic E-state index is 6.21. The molecule has 112 valence electrons. The van der Waals surface area contributed by atoms with Crippen LogP contribution in [0.3, 0.4) is 0 Å². The number of aromatic amines is 1. The zero-order valence-electron chi connectivity index (χ0n) is 13.7. The van der Waals surface area contributed by atoms with E-state index in [4.69, 9.17) is 9.31 Å². The fourth-order valence-electron chi connectivity index (χ4n) is 2.60. The lowest BCUT2D eigenvalue weighted by Gasteiger charge is -2.32. The molecule has 1 aliphatic heterocycles. The van der Waals surface area contributed by atoms with Crippen molar-refractivity contribution in [3.8, 4) is 0 Å². The average molecular weight is 286 g/mol. The fraction of sp³-hybridized carbons (Fsp3) is 0.500. The Kier molecular flexibility index (Phi) is 3.12. The molecule has 0 amide bonds. The van der Waals surface area contributed by atoms with E-state index >= 15 is 0 Å². The molecule has 0 saturated carbocycles. The molecular formula is C16H23BN2O2. The van der Waals surface area contributed by atoms with E-state index in [2.05, 4.69) is 55.8 Å². The highest BCUT2D eigenvalue weighted by Gasteiger charge is 2.52. The number of H-pyrrole nitrogens is 1. The van der Waals surface area contributed by atoms with Gasteiger partial charge in [-0.1, -0.05) is 0 Å². The van der Waals surface area contributed by atoms with Gasteiger partial charge in [-0.3, -0.25) is 0 Å². The van der Waals surface area contributed by atoms with E-state index in [0.717, 1.165) is 22.1 Å². The third kappa shape index (κ3) is 2.25. The molecule has 1 aromatic carbocycles. The first-order chi connectivity index (χ1) is 9.71. The minimum atomic E-state index is -0.340. The second kappa shape index (κ2) is 4.52. The molecule has 2 heterocycles. The fourth-order valence-corrected chi connectivity index (χ4v) is 2.60. The van der Waals surface area contributed by atoms with Gasteiger partial charge in [-0.15, -0.1) is 0 Å². The van der Waals surface area contributed by atoms with Crippen molar-refractivity contribution in [2.45, 2.75) is 38.9 Å². The number of aromatic nitrogens is 1. The van der Waals surface area contributed by atoms with Crippen LogP contribution in [-0.2, 0) is 9.31 Å². The first-order valence-electron chi connectivity index (χ1n) is 7.35. The molecule has 0 unspecified atom stereocenters. The van der Waals surface area contributed by atoms with Crippen molar-refractivity contribution in [1.82, 2.24) is 4.98 Å². The Bertz CT molecular complexity index is 660. The van der Waals surface area contributed by atoms with Crippen molar-refractivity contribution in [3.63, 3.8) is 0 Å². The minimum absolute atomic E-state index is 0.325. The summed E-state index contributed by atoms with van der Waals surface area (Å²) >= 11 is 0. The molecule has 4 nitrogen and oxygen atoms in total. The topological polar surface area (TPSA) is 37.5 Å². The normalized spacial score (nSPS) is 20.2. The molecule has 0 aliphatic carbocycles. The summed E-state index contributed by atoms with van der Waals surface area (Å²) in [6, 6.07) is 6.37. The van der Waals surface area contributed by atoms with Crippen LogP contribution in [0, 0.1) is 0 Å². The third-order valence-electron chi connectivity index (χ3n) is 4.71. The molecular weight excluding hydrogens is 263 g/mol. The summed E-state index contributed by atoms with van der Waals surface area (Å²) in [4.78, 5) is 5.37. The van der Waals surface area contributed by atoms with Gasteiger partial charge in [-0.25, -0.2) is 0 Å². The molecule has 0 atom stereocenters. The first-order valence-corrected chi connectivity index (χ1v) is 7.35. The van der Waals surface area contributed by atoms with Gasteiger partial charge in [0.1, 0.15) is 0 Å². The molecule has 1 saturated heterocycles. The predicted octanol–water partition coefficient (Wildman–Crippen LogP) is 2.53. The third-order valence-corrected chi connectivity index (χ3v) is 4.71. The van der Waals surface area contributed by atoms with Crippen molar-refractivity contribution >= 4 is 29.2 Å². The summed E-state index contributed by atoms with van der Waals surface area (Å²) < 4.78 is 12.4. The zero-order valence-corrected chi connectivity index (χ0v) is 13.7. The van der Waals surface area contributed by atoms with Crippen LogP contribution in [0.2, 0.25) is 0 Å². The smallest absolute Gasteiger partial charge is 0.399 e. The quantitative estimate of drug-likeness (QED) is 0.862. The summed E-state index contributed by atoms with van der Waals surface area (Å²) in [6.45, 7) is 8.32. The van der Waals surface area contributed by atoms with Gasteiger partial charge in [0.2, 0.25) is 0 Å². The molecule has 21 heavy (non-hydrogen) atoms. The Balaban J connectivity index is 2.10. The Morgan fingerprint density at radius 2 is 1.67 bits per heavy atom. The molecule has 0 radical (unpaired) electrons. The van der Waals surface area contributed by atoms with Crippen LogP contribution >= 0.6 is 0 Å². The molecule has 1 N–H and O–H groups in total. The highest BCUT2D eigenvalue weighted by Crippen LogP contribution is 2.37. The van der Waals surface area contributed by atoms with Crippen LogP contribution in [0.25, 0.3) is 10.9 Å². The van der Waals surface area contributed by atoms with Crippen molar-refractivity contribution in [2.24, 2.45) is 0 Å². The summed E-state index contributed by atoms with van der Waals surface area (Å²) in [7, 11) is 3.74. The number of fused-ring (bicyclic) bond motifs is 1. The van der Waals surface area contributed by atoms with Crippen LogP contribution < -0.4 is 10.4 Å². The Morgan fingerprint density at radius 1 is 1.05 bits per heavy atom. The first kappa shape index (κ1) is 14.5. The van der Waals surface area contributed by atoms with Gasteiger partial charge < -0.3 is 19.2 Å². The van der Waals surface area contributed by atoms with E-state index in [1.54, 1.807) is 0 Å². The molecule has 0 spiro atoms. The average Bonchev–Trinajstić information content (AvgIpc) is 2.90. The number of nitrogens with one attached hydrogen (secondary N) is 1. The SMILES string of the molecule is CN(C)c1cc(B2OC(C)(C)C(C)(C)O2)c2cc[nH]c2c1. The largest absolute Gasteiger partial charge is 0.495 e. The van der Waals surface area contributed by atoms with E-state index in [1.807, 2.05) is 20.3 Å². The highest BCUT2D eigenvalue weighted by atomic mass is 16.7. The van der Waals surface area contributed by atoms with Gasteiger partial charge in [0.25, 0.3) is 0 Å². The Morgan fingerprint density at radius 3 is 2.24 bits per heavy atom. The van der Waals surface area contributed by atoms with Crippen LogP contribution in [-0.4, -0.2) is 37.4 Å². The van der Waals surface area contributed by atoms with Gasteiger partial charge in [0, 0.05) is 31.5 Å². The number of hydrogen-bond acceptors (Lipinski definition) is 3. The maximum Gasteiger partial charge on any atom is 0.495 e. The predicted molar refractivity (Wildman–Crippen MR) is 88.3 cm³/mol. The molecule has 3 rings (SSSR count). The molecule has 1 fully saturated rings. The number of nitrogens with zero attached hydrogens (tertiary/aromatic N) is 1. The lowest BCUT2D eigenvalue weighted by molar-refractivity contribution is 0.00578. The van der Waals surface area contributed by atoms with Crippen molar-refractivity contribution in [2.75, 3.05) is 19.0 Å². The van der Waals surface area contributed by atoms with Crippen molar-refractivity contribution < 1.29 is 9.31 Å². The standard InChI is InChI=1S/C16H23BN2O2/c1-15(2)16(3,4)21-17(20-15)13-9-11(19(5)6)10-14-12(13)7-8-18-14/h7-10,18H,1-6H3. The summed E-state index contributed by atoms with van der Waals surface area (Å²) in [5.41, 5.74) is 2.67. The Labute approximate surface area is 126 Å². The molecule has 2 aromatic rings. The van der Waals surface area contributed by atoms with Crippen LogP contribution in [0.1, 0.15) is 27.7 Å². The monoisotopic (exact) mass is 286 g/mol. The molecule has 5 heteroatoms. The van der Waals surface area contributed by atoms with E-state index in [0.29, 0.717) is 0 Å². The van der Waals surface area contributed by atoms with Gasteiger partial charge in [0.15, 0.2) is 0 Å². The second-order valence-corrected chi connectivity index (χ2v) is 6.96. The van der Waals surface area contributed by atoms with E-state index in [1.165, 1.54) is 0 Å². The molecule has 1 aliphatic rings. The lowest BCUT2D eigenvalue weighted by atomic mass is 9.76. The molecule has 1 aromatic heterocycles. The zero-order chi connectivity index (χ0) is 15.4. The maximum absolute atomic E-state index is 6.21. The van der Waals surface area contributed by atoms with Crippen LogP contribution in [0.5, 0.6) is 0 Å². The number of rotatable bonds is 2. The summed E-state index contributed by atoms with van der Waals surface area (Å²) in [5.74, 6) is 0. The van der Waals surface area contributed by atoms with Gasteiger partial charge in [-0.2, -0.15) is 0 Å².